The van der Waals surface area contributed by atoms with Gasteiger partial charge in [-0.05, 0) is 36.1 Å². The van der Waals surface area contributed by atoms with Gasteiger partial charge in [0.05, 0.1) is 10.6 Å². The number of aryl methyl sites for hydroxylation is 1. The van der Waals surface area contributed by atoms with Gasteiger partial charge in [0.15, 0.2) is 5.13 Å². The van der Waals surface area contributed by atoms with Gasteiger partial charge in [0.25, 0.3) is 5.91 Å². The topological polar surface area (TPSA) is 59.3 Å². The molecule has 0 atom stereocenters. The number of anilines is 1. The Kier molecular flexibility index (Phi) is 3.44. The van der Waals surface area contributed by atoms with E-state index in [-0.39, 0.29) is 5.91 Å². The maximum absolute atomic E-state index is 12.3. The first-order valence-corrected chi connectivity index (χ1v) is 8.71. The zero-order chi connectivity index (χ0) is 15.8. The number of fused-ring (bicyclic) bond motifs is 1. The number of carbonyl (C=O) groups is 1. The van der Waals surface area contributed by atoms with Crippen LogP contribution in [0.5, 0.6) is 0 Å². The summed E-state index contributed by atoms with van der Waals surface area (Å²) in [5, 5.41) is 7.33. The summed E-state index contributed by atoms with van der Waals surface area (Å²) in [5.74, 6) is -0.251. The maximum Gasteiger partial charge on any atom is 0.277 e. The molecule has 0 unspecified atom stereocenters. The molecule has 0 aromatic carbocycles. The Balaban J connectivity index is 1.57. The third-order valence-corrected chi connectivity index (χ3v) is 5.00. The number of amides is 1. The molecule has 0 saturated carbocycles. The van der Waals surface area contributed by atoms with Crippen LogP contribution >= 0.6 is 22.7 Å². The summed E-state index contributed by atoms with van der Waals surface area (Å²) in [5.41, 5.74) is 3.12. The molecule has 0 saturated heterocycles. The Hall–Kier alpha value is -2.51. The Morgan fingerprint density at radius 3 is 3.00 bits per heavy atom. The summed E-state index contributed by atoms with van der Waals surface area (Å²) in [6, 6.07) is 7.91. The molecule has 4 heterocycles. The monoisotopic (exact) mass is 340 g/mol. The van der Waals surface area contributed by atoms with Crippen LogP contribution in [0.15, 0.2) is 47.4 Å². The van der Waals surface area contributed by atoms with Crippen molar-refractivity contribution in [2.75, 3.05) is 5.32 Å². The third-order valence-electron chi connectivity index (χ3n) is 3.35. The van der Waals surface area contributed by atoms with Crippen LogP contribution in [0.4, 0.5) is 5.13 Å². The molecule has 114 valence electrons. The Labute approximate surface area is 140 Å². The number of rotatable bonds is 3. The van der Waals surface area contributed by atoms with E-state index in [1.54, 1.807) is 17.5 Å². The first-order valence-electron chi connectivity index (χ1n) is 6.95. The molecule has 0 aliphatic rings. The van der Waals surface area contributed by atoms with Gasteiger partial charge < -0.3 is 4.40 Å². The van der Waals surface area contributed by atoms with Crippen LogP contribution in [0.3, 0.4) is 0 Å². The van der Waals surface area contributed by atoms with Crippen molar-refractivity contribution in [3.63, 3.8) is 0 Å². The van der Waals surface area contributed by atoms with Crippen LogP contribution < -0.4 is 5.32 Å². The molecule has 1 amide bonds. The molecule has 1 N–H and O–H groups in total. The third kappa shape index (κ3) is 2.76. The van der Waals surface area contributed by atoms with Gasteiger partial charge in [0.1, 0.15) is 11.3 Å². The van der Waals surface area contributed by atoms with E-state index in [4.69, 9.17) is 0 Å². The van der Waals surface area contributed by atoms with Crippen molar-refractivity contribution in [1.29, 1.82) is 0 Å². The molecule has 5 nitrogen and oxygen atoms in total. The molecule has 4 rings (SSSR count). The van der Waals surface area contributed by atoms with E-state index in [1.165, 1.54) is 11.3 Å². The van der Waals surface area contributed by atoms with Gasteiger partial charge in [-0.2, -0.15) is 0 Å². The van der Waals surface area contributed by atoms with Crippen molar-refractivity contribution in [3.05, 3.63) is 58.7 Å². The predicted octanol–water partition coefficient (Wildman–Crippen LogP) is 4.08. The highest BCUT2D eigenvalue weighted by molar-refractivity contribution is 7.16. The van der Waals surface area contributed by atoms with Gasteiger partial charge >= 0.3 is 0 Å². The Bertz CT molecular complexity index is 985. The minimum Gasteiger partial charge on any atom is -0.306 e. The molecule has 0 spiro atoms. The molecule has 0 aliphatic heterocycles. The number of thiazole rings is 1. The standard InChI is InChI=1S/C16H12N4OS2/c1-10-4-5-20-8-11(17-14(20)7-10)15(21)19-16-18-12(9-23-16)13-3-2-6-22-13/h2-9H,1H3,(H,18,19,21). The fourth-order valence-electron chi connectivity index (χ4n) is 2.22. The van der Waals surface area contributed by atoms with Gasteiger partial charge in [-0.25, -0.2) is 9.97 Å². The van der Waals surface area contributed by atoms with E-state index in [0.29, 0.717) is 10.8 Å². The molecule has 0 fully saturated rings. The first-order chi connectivity index (χ1) is 11.2. The van der Waals surface area contributed by atoms with Crippen LogP contribution in [0.2, 0.25) is 0 Å². The zero-order valence-electron chi connectivity index (χ0n) is 12.2. The van der Waals surface area contributed by atoms with Gasteiger partial charge in [-0.15, -0.1) is 22.7 Å². The quantitative estimate of drug-likeness (QED) is 0.611. The number of aromatic nitrogens is 3. The van der Waals surface area contributed by atoms with Crippen molar-refractivity contribution >= 4 is 39.4 Å². The lowest BCUT2D eigenvalue weighted by molar-refractivity contribution is 0.102. The molecule has 23 heavy (non-hydrogen) atoms. The number of nitrogens with one attached hydrogen (secondary N) is 1. The highest BCUT2D eigenvalue weighted by Gasteiger charge is 2.13. The van der Waals surface area contributed by atoms with E-state index < -0.39 is 0 Å². The van der Waals surface area contributed by atoms with Crippen molar-refractivity contribution in [2.24, 2.45) is 0 Å². The minimum atomic E-state index is -0.251. The molecular formula is C16H12N4OS2. The van der Waals surface area contributed by atoms with E-state index in [2.05, 4.69) is 15.3 Å². The Morgan fingerprint density at radius 2 is 2.17 bits per heavy atom. The van der Waals surface area contributed by atoms with Crippen LogP contribution in [0.25, 0.3) is 16.2 Å². The highest BCUT2D eigenvalue weighted by atomic mass is 32.1. The summed E-state index contributed by atoms with van der Waals surface area (Å²) in [6.07, 6.45) is 3.62. The van der Waals surface area contributed by atoms with Crippen molar-refractivity contribution in [1.82, 2.24) is 14.4 Å². The summed E-state index contributed by atoms with van der Waals surface area (Å²) in [4.78, 5) is 22.2. The maximum atomic E-state index is 12.3. The number of nitrogens with zero attached hydrogens (tertiary/aromatic N) is 3. The summed E-state index contributed by atoms with van der Waals surface area (Å²) in [7, 11) is 0. The number of hydrogen-bond donors (Lipinski definition) is 1. The number of pyridine rings is 1. The zero-order valence-corrected chi connectivity index (χ0v) is 13.8. The second-order valence-corrected chi connectivity index (χ2v) is 6.87. The fourth-order valence-corrected chi connectivity index (χ4v) is 3.69. The SMILES string of the molecule is Cc1ccn2cc(C(=O)Nc3nc(-c4cccs4)cs3)nc2c1. The summed E-state index contributed by atoms with van der Waals surface area (Å²) >= 11 is 3.03. The molecule has 4 aromatic rings. The lowest BCUT2D eigenvalue weighted by Gasteiger charge is -1.96. The second-order valence-electron chi connectivity index (χ2n) is 5.07. The Morgan fingerprint density at radius 1 is 1.26 bits per heavy atom. The fraction of sp³-hybridized carbons (Fsp3) is 0.0625. The van der Waals surface area contributed by atoms with Gasteiger partial charge in [0, 0.05) is 17.8 Å². The predicted molar refractivity (Wildman–Crippen MR) is 93.3 cm³/mol. The van der Waals surface area contributed by atoms with Crippen LogP contribution in [-0.4, -0.2) is 20.3 Å². The van der Waals surface area contributed by atoms with Crippen LogP contribution in [0.1, 0.15) is 16.1 Å². The summed E-state index contributed by atoms with van der Waals surface area (Å²) < 4.78 is 1.83. The lowest BCUT2D eigenvalue weighted by Crippen LogP contribution is -2.11. The van der Waals surface area contributed by atoms with Gasteiger partial charge in [-0.1, -0.05) is 6.07 Å². The number of hydrogen-bond acceptors (Lipinski definition) is 5. The van der Waals surface area contributed by atoms with Crippen molar-refractivity contribution < 1.29 is 4.79 Å². The second kappa shape index (κ2) is 5.60. The largest absolute Gasteiger partial charge is 0.306 e. The van der Waals surface area contributed by atoms with Crippen molar-refractivity contribution in [2.45, 2.75) is 6.92 Å². The molecule has 0 radical (unpaired) electrons. The molecule has 4 aromatic heterocycles. The smallest absolute Gasteiger partial charge is 0.277 e. The molecular weight excluding hydrogens is 328 g/mol. The van der Waals surface area contributed by atoms with E-state index in [1.807, 2.05) is 52.5 Å². The van der Waals surface area contributed by atoms with E-state index >= 15 is 0 Å². The van der Waals surface area contributed by atoms with Crippen molar-refractivity contribution in [3.8, 4) is 10.6 Å². The molecule has 7 heteroatoms. The van der Waals surface area contributed by atoms with E-state index in [0.717, 1.165) is 21.8 Å². The molecule has 0 aliphatic carbocycles. The lowest BCUT2D eigenvalue weighted by atomic mass is 10.3. The molecule has 0 bridgehead atoms. The number of thiophene rings is 1. The van der Waals surface area contributed by atoms with E-state index in [9.17, 15) is 4.79 Å². The average Bonchev–Trinajstić information content (AvgIpc) is 3.26. The number of carbonyl (C=O) groups excluding carboxylic acids is 1. The average molecular weight is 340 g/mol. The normalized spacial score (nSPS) is 11.0. The first kappa shape index (κ1) is 14.1. The van der Waals surface area contributed by atoms with Crippen LogP contribution in [0, 0.1) is 6.92 Å². The number of imidazole rings is 1. The minimum absolute atomic E-state index is 0.251. The van der Waals surface area contributed by atoms with Crippen LogP contribution in [-0.2, 0) is 0 Å². The van der Waals surface area contributed by atoms with Gasteiger partial charge in [-0.3, -0.25) is 10.1 Å². The van der Waals surface area contributed by atoms with Gasteiger partial charge in [0.2, 0.25) is 0 Å². The highest BCUT2D eigenvalue weighted by Crippen LogP contribution is 2.28. The summed E-state index contributed by atoms with van der Waals surface area (Å²) in [6.45, 7) is 2.00.